The molecule has 1 heterocycles. The van der Waals surface area contributed by atoms with Gasteiger partial charge in [-0.25, -0.2) is 0 Å². The SMILES string of the molecule is CCC(=O)O[B]OC(=O)CCN(CCC(=O)O[B]OC(=O)CC)C1CSSC1. The van der Waals surface area contributed by atoms with E-state index in [0.29, 0.717) is 13.1 Å². The summed E-state index contributed by atoms with van der Waals surface area (Å²) >= 11 is 0. The van der Waals surface area contributed by atoms with Crippen molar-refractivity contribution in [2.75, 3.05) is 24.6 Å². The van der Waals surface area contributed by atoms with E-state index in [0.717, 1.165) is 26.9 Å². The van der Waals surface area contributed by atoms with Crippen LogP contribution in [-0.2, 0) is 37.8 Å². The van der Waals surface area contributed by atoms with Gasteiger partial charge in [0, 0.05) is 43.5 Å². The predicted octanol–water partition coefficient (Wildman–Crippen LogP) is 0.893. The second-order valence-corrected chi connectivity index (χ2v) is 8.17. The topological polar surface area (TPSA) is 108 Å². The second kappa shape index (κ2) is 14.6. The summed E-state index contributed by atoms with van der Waals surface area (Å²) in [4.78, 5) is 47.5. The summed E-state index contributed by atoms with van der Waals surface area (Å²) in [6.07, 6.45) is 0.538. The highest BCUT2D eigenvalue weighted by Crippen LogP contribution is 2.33. The Balaban J connectivity index is 2.33. The second-order valence-electron chi connectivity index (χ2n) is 5.62. The molecule has 2 radical (unpaired) electrons. The van der Waals surface area contributed by atoms with Crippen LogP contribution in [0.25, 0.3) is 0 Å². The lowest BCUT2D eigenvalue weighted by Gasteiger charge is -2.27. The Morgan fingerprint density at radius 3 is 1.57 bits per heavy atom. The molecule has 0 aliphatic carbocycles. The average molecular weight is 431 g/mol. The van der Waals surface area contributed by atoms with Gasteiger partial charge in [-0.3, -0.25) is 24.1 Å². The molecular weight excluding hydrogens is 408 g/mol. The molecule has 13 heteroatoms. The van der Waals surface area contributed by atoms with Crippen molar-refractivity contribution in [1.82, 2.24) is 4.90 Å². The lowest BCUT2D eigenvalue weighted by molar-refractivity contribution is -0.140. The van der Waals surface area contributed by atoms with Gasteiger partial charge in [0.1, 0.15) is 0 Å². The Morgan fingerprint density at radius 2 is 1.18 bits per heavy atom. The number of rotatable bonds is 13. The Morgan fingerprint density at radius 1 is 0.786 bits per heavy atom. The van der Waals surface area contributed by atoms with Gasteiger partial charge in [0.2, 0.25) is 0 Å². The van der Waals surface area contributed by atoms with Crippen LogP contribution in [0, 0.1) is 0 Å². The fraction of sp³-hybridized carbons (Fsp3) is 0.733. The van der Waals surface area contributed by atoms with E-state index in [4.69, 9.17) is 9.31 Å². The Bertz CT molecular complexity index is 496. The van der Waals surface area contributed by atoms with Crippen LogP contribution in [-0.4, -0.2) is 74.8 Å². The van der Waals surface area contributed by atoms with Crippen LogP contribution < -0.4 is 0 Å². The van der Waals surface area contributed by atoms with Crippen molar-refractivity contribution >= 4 is 60.8 Å². The monoisotopic (exact) mass is 431 g/mol. The Labute approximate surface area is 173 Å². The van der Waals surface area contributed by atoms with Crippen LogP contribution in [0.3, 0.4) is 0 Å². The molecule has 0 amide bonds. The van der Waals surface area contributed by atoms with Crippen molar-refractivity contribution in [3.05, 3.63) is 0 Å². The van der Waals surface area contributed by atoms with Crippen LogP contribution >= 0.6 is 21.6 Å². The van der Waals surface area contributed by atoms with Gasteiger partial charge in [-0.15, -0.1) is 0 Å². The van der Waals surface area contributed by atoms with E-state index in [1.165, 1.54) is 0 Å². The van der Waals surface area contributed by atoms with Gasteiger partial charge in [0.15, 0.2) is 0 Å². The minimum Gasteiger partial charge on any atom is -0.500 e. The van der Waals surface area contributed by atoms with Crippen molar-refractivity contribution in [2.45, 2.75) is 45.6 Å². The van der Waals surface area contributed by atoms with Crippen molar-refractivity contribution in [3.63, 3.8) is 0 Å². The van der Waals surface area contributed by atoms with Crippen LogP contribution in [0.15, 0.2) is 0 Å². The molecule has 1 saturated heterocycles. The molecule has 0 N–H and O–H groups in total. The van der Waals surface area contributed by atoms with Gasteiger partial charge in [-0.1, -0.05) is 35.4 Å². The quantitative estimate of drug-likeness (QED) is 0.307. The molecule has 0 saturated carbocycles. The number of carbonyl (C=O) groups excluding carboxylic acids is 4. The molecule has 1 aliphatic heterocycles. The third-order valence-corrected chi connectivity index (χ3v) is 6.15. The maximum absolute atomic E-state index is 11.8. The minimum absolute atomic E-state index is 0.0846. The summed E-state index contributed by atoms with van der Waals surface area (Å²) in [6.45, 7) is 4.04. The third-order valence-electron chi connectivity index (χ3n) is 3.62. The number of nitrogens with zero attached hydrogens (tertiary/aromatic N) is 1. The summed E-state index contributed by atoms with van der Waals surface area (Å²) in [5.41, 5.74) is 0. The lowest BCUT2D eigenvalue weighted by atomic mass is 10.2. The molecule has 1 aliphatic rings. The van der Waals surface area contributed by atoms with Gasteiger partial charge >= 0.3 is 15.4 Å². The van der Waals surface area contributed by atoms with E-state index < -0.39 is 23.9 Å². The molecule has 0 atom stereocenters. The smallest absolute Gasteiger partial charge is 0.500 e. The maximum atomic E-state index is 11.8. The van der Waals surface area contributed by atoms with Crippen LogP contribution in [0.4, 0.5) is 0 Å². The van der Waals surface area contributed by atoms with Crippen LogP contribution in [0.1, 0.15) is 39.5 Å². The molecule has 0 aromatic carbocycles. The first-order chi connectivity index (χ1) is 13.5. The zero-order chi connectivity index (χ0) is 20.8. The highest BCUT2D eigenvalue weighted by atomic mass is 33.1. The minimum atomic E-state index is -0.533. The fourth-order valence-corrected chi connectivity index (χ4v) is 4.84. The van der Waals surface area contributed by atoms with E-state index >= 15 is 0 Å². The number of hydrogen-bond donors (Lipinski definition) is 0. The van der Waals surface area contributed by atoms with Gasteiger partial charge in [0.05, 0.1) is 12.8 Å². The van der Waals surface area contributed by atoms with E-state index in [2.05, 4.69) is 9.31 Å². The van der Waals surface area contributed by atoms with E-state index in [-0.39, 0.29) is 31.7 Å². The zero-order valence-corrected chi connectivity index (χ0v) is 17.6. The average Bonchev–Trinajstić information content (AvgIpc) is 3.22. The third kappa shape index (κ3) is 10.9. The largest absolute Gasteiger partial charge is 0.662 e. The van der Waals surface area contributed by atoms with Crippen molar-refractivity contribution in [1.29, 1.82) is 0 Å². The predicted molar refractivity (Wildman–Crippen MR) is 106 cm³/mol. The van der Waals surface area contributed by atoms with Gasteiger partial charge < -0.3 is 18.6 Å². The molecule has 28 heavy (non-hydrogen) atoms. The van der Waals surface area contributed by atoms with Crippen molar-refractivity contribution < 1.29 is 37.8 Å². The lowest BCUT2D eigenvalue weighted by Crippen LogP contribution is -2.40. The highest BCUT2D eigenvalue weighted by molar-refractivity contribution is 8.77. The molecule has 0 aromatic heterocycles. The van der Waals surface area contributed by atoms with Crippen LogP contribution in [0.2, 0.25) is 0 Å². The molecule has 0 unspecified atom stereocenters. The first-order valence-corrected chi connectivity index (χ1v) is 11.3. The fourth-order valence-electron chi connectivity index (χ4n) is 2.01. The van der Waals surface area contributed by atoms with Crippen LogP contribution in [0.5, 0.6) is 0 Å². The molecule has 1 fully saturated rings. The van der Waals surface area contributed by atoms with Gasteiger partial charge in [0.25, 0.3) is 23.9 Å². The number of hydrogen-bond acceptors (Lipinski definition) is 11. The van der Waals surface area contributed by atoms with Gasteiger partial charge in [-0.2, -0.15) is 0 Å². The van der Waals surface area contributed by atoms with E-state index in [9.17, 15) is 19.2 Å². The first kappa shape index (κ1) is 24.7. The molecule has 154 valence electrons. The summed E-state index contributed by atoms with van der Waals surface area (Å²) in [5.74, 6) is -0.280. The summed E-state index contributed by atoms with van der Waals surface area (Å²) < 4.78 is 18.7. The highest BCUT2D eigenvalue weighted by Gasteiger charge is 2.25. The van der Waals surface area contributed by atoms with Gasteiger partial charge in [-0.05, 0) is 0 Å². The molecule has 1 rings (SSSR count). The first-order valence-electron chi connectivity index (χ1n) is 8.86. The molecule has 0 bridgehead atoms. The Hall–Kier alpha value is -1.33. The summed E-state index contributed by atoms with van der Waals surface area (Å²) in [5, 5.41) is 0. The molecule has 9 nitrogen and oxygen atoms in total. The van der Waals surface area contributed by atoms with E-state index in [1.54, 1.807) is 35.4 Å². The maximum Gasteiger partial charge on any atom is 0.662 e. The van der Waals surface area contributed by atoms with Crippen molar-refractivity contribution in [3.8, 4) is 0 Å². The summed E-state index contributed by atoms with van der Waals surface area (Å²) in [6, 6.07) is 0.222. The normalized spacial score (nSPS) is 13.7. The molecule has 0 spiro atoms. The van der Waals surface area contributed by atoms with Crippen molar-refractivity contribution in [2.24, 2.45) is 0 Å². The molecule has 0 aromatic rings. The molecular formula is C15H23B2NO8S2. The Kier molecular flexibility index (Phi) is 12.9. The standard InChI is InChI=1S/C15H23B2NO8S2/c1-3-12(19)23-16-25-14(21)5-7-18(11-9-27-28-10-11)8-6-15(22)26-17-24-13(20)4-2/h11H,3-10H2,1-2H3. The van der Waals surface area contributed by atoms with E-state index in [1.807, 2.05) is 4.90 Å². The zero-order valence-electron chi connectivity index (χ0n) is 15.9. The summed E-state index contributed by atoms with van der Waals surface area (Å²) in [7, 11) is 4.95. The number of carbonyl (C=O) groups is 4.